The molecule has 0 unspecified atom stereocenters. The number of anilines is 1. The molecular formula is C13H9Br2Cl2N. The molecule has 1 nitrogen and oxygen atoms in total. The second-order valence-electron chi connectivity index (χ2n) is 3.69. The largest absolute Gasteiger partial charge is 0.380 e. The van der Waals surface area contributed by atoms with Gasteiger partial charge in [-0.05, 0) is 45.8 Å². The van der Waals surface area contributed by atoms with Gasteiger partial charge in [-0.25, -0.2) is 0 Å². The van der Waals surface area contributed by atoms with Gasteiger partial charge in [0.05, 0.1) is 15.2 Å². The van der Waals surface area contributed by atoms with E-state index in [2.05, 4.69) is 37.2 Å². The molecule has 0 bridgehead atoms. The zero-order valence-electron chi connectivity index (χ0n) is 9.18. The van der Waals surface area contributed by atoms with Crippen molar-refractivity contribution in [3.63, 3.8) is 0 Å². The van der Waals surface area contributed by atoms with E-state index in [-0.39, 0.29) is 0 Å². The summed E-state index contributed by atoms with van der Waals surface area (Å²) in [7, 11) is 0. The zero-order chi connectivity index (χ0) is 13.1. The summed E-state index contributed by atoms with van der Waals surface area (Å²) >= 11 is 18.9. The first kappa shape index (κ1) is 14.2. The van der Waals surface area contributed by atoms with E-state index in [4.69, 9.17) is 23.2 Å². The summed E-state index contributed by atoms with van der Waals surface area (Å²) in [6, 6.07) is 11.5. The van der Waals surface area contributed by atoms with E-state index in [1.807, 2.05) is 36.4 Å². The zero-order valence-corrected chi connectivity index (χ0v) is 13.9. The van der Waals surface area contributed by atoms with Crippen molar-refractivity contribution in [2.75, 3.05) is 5.32 Å². The number of hydrogen-bond acceptors (Lipinski definition) is 1. The molecule has 18 heavy (non-hydrogen) atoms. The van der Waals surface area contributed by atoms with Gasteiger partial charge < -0.3 is 5.32 Å². The van der Waals surface area contributed by atoms with E-state index in [0.717, 1.165) is 25.2 Å². The Morgan fingerprint density at radius 1 is 1.06 bits per heavy atom. The first-order valence-electron chi connectivity index (χ1n) is 5.20. The topological polar surface area (TPSA) is 12.0 Å². The van der Waals surface area contributed by atoms with Crippen molar-refractivity contribution in [1.29, 1.82) is 0 Å². The minimum absolute atomic E-state index is 0.690. The molecule has 0 aliphatic carbocycles. The standard InChI is InChI=1S/C13H9Br2Cl2N/c14-10-6-9(16)5-4-8(10)7-18-12-3-1-2-11(17)13(12)15/h1-6,18H,7H2. The van der Waals surface area contributed by atoms with Gasteiger partial charge >= 0.3 is 0 Å². The minimum Gasteiger partial charge on any atom is -0.380 e. The normalized spacial score (nSPS) is 10.4. The average molecular weight is 410 g/mol. The molecule has 0 heterocycles. The summed E-state index contributed by atoms with van der Waals surface area (Å²) in [6.45, 7) is 0.691. The first-order chi connectivity index (χ1) is 8.58. The molecule has 0 aromatic heterocycles. The lowest BCUT2D eigenvalue weighted by Crippen LogP contribution is -2.00. The lowest BCUT2D eigenvalue weighted by Gasteiger charge is -2.11. The van der Waals surface area contributed by atoms with Crippen molar-refractivity contribution in [3.8, 4) is 0 Å². The van der Waals surface area contributed by atoms with Crippen LogP contribution < -0.4 is 5.32 Å². The van der Waals surface area contributed by atoms with Crippen molar-refractivity contribution >= 4 is 60.7 Å². The highest BCUT2D eigenvalue weighted by atomic mass is 79.9. The molecule has 94 valence electrons. The Kier molecular flexibility index (Phi) is 4.96. The van der Waals surface area contributed by atoms with Crippen molar-refractivity contribution in [3.05, 3.63) is 61.0 Å². The maximum atomic E-state index is 6.03. The third kappa shape index (κ3) is 3.41. The number of halogens is 4. The van der Waals surface area contributed by atoms with Gasteiger partial charge in [0.15, 0.2) is 0 Å². The molecule has 0 radical (unpaired) electrons. The van der Waals surface area contributed by atoms with Crippen LogP contribution in [0, 0.1) is 0 Å². The predicted octanol–water partition coefficient (Wildman–Crippen LogP) is 6.13. The monoisotopic (exact) mass is 407 g/mol. The summed E-state index contributed by atoms with van der Waals surface area (Å²) in [5.41, 5.74) is 2.09. The van der Waals surface area contributed by atoms with Crippen LogP contribution in [0.25, 0.3) is 0 Å². The summed E-state index contributed by atoms with van der Waals surface area (Å²) in [5, 5.41) is 4.73. The smallest absolute Gasteiger partial charge is 0.0593 e. The van der Waals surface area contributed by atoms with Crippen LogP contribution in [0.5, 0.6) is 0 Å². The molecule has 0 saturated carbocycles. The van der Waals surface area contributed by atoms with Gasteiger partial charge in [0.1, 0.15) is 0 Å². The molecule has 0 atom stereocenters. The molecule has 0 aliphatic heterocycles. The average Bonchev–Trinajstić information content (AvgIpc) is 2.33. The third-order valence-corrected chi connectivity index (χ3v) is 4.81. The Bertz CT molecular complexity index is 573. The van der Waals surface area contributed by atoms with Gasteiger partial charge in [-0.2, -0.15) is 0 Å². The molecule has 2 aromatic carbocycles. The minimum atomic E-state index is 0.690. The molecule has 0 fully saturated rings. The fraction of sp³-hybridized carbons (Fsp3) is 0.0769. The Balaban J connectivity index is 2.14. The number of benzene rings is 2. The van der Waals surface area contributed by atoms with Gasteiger partial charge in [-0.1, -0.05) is 51.3 Å². The molecule has 1 N–H and O–H groups in total. The number of nitrogens with one attached hydrogen (secondary N) is 1. The molecular weight excluding hydrogens is 401 g/mol. The Morgan fingerprint density at radius 3 is 2.56 bits per heavy atom. The van der Waals surface area contributed by atoms with Crippen LogP contribution >= 0.6 is 55.1 Å². The highest BCUT2D eigenvalue weighted by Gasteiger charge is 2.05. The fourth-order valence-electron chi connectivity index (χ4n) is 1.50. The van der Waals surface area contributed by atoms with E-state index >= 15 is 0 Å². The van der Waals surface area contributed by atoms with Crippen LogP contribution in [0.4, 0.5) is 5.69 Å². The van der Waals surface area contributed by atoms with Gasteiger partial charge in [0, 0.05) is 16.0 Å². The molecule has 2 rings (SSSR count). The van der Waals surface area contributed by atoms with E-state index < -0.39 is 0 Å². The number of rotatable bonds is 3. The lowest BCUT2D eigenvalue weighted by atomic mass is 10.2. The maximum Gasteiger partial charge on any atom is 0.0593 e. The van der Waals surface area contributed by atoms with E-state index in [1.165, 1.54) is 0 Å². The van der Waals surface area contributed by atoms with Gasteiger partial charge in [0.2, 0.25) is 0 Å². The highest BCUT2D eigenvalue weighted by molar-refractivity contribution is 9.11. The van der Waals surface area contributed by atoms with Crippen LogP contribution in [-0.4, -0.2) is 0 Å². The molecule has 0 amide bonds. The second-order valence-corrected chi connectivity index (χ2v) is 6.18. The Morgan fingerprint density at radius 2 is 1.83 bits per heavy atom. The number of hydrogen-bond donors (Lipinski definition) is 1. The van der Waals surface area contributed by atoms with Crippen molar-refractivity contribution in [1.82, 2.24) is 0 Å². The Labute approximate surface area is 133 Å². The van der Waals surface area contributed by atoms with Crippen LogP contribution in [0.15, 0.2) is 45.3 Å². The van der Waals surface area contributed by atoms with Gasteiger partial charge in [-0.15, -0.1) is 0 Å². The quantitative estimate of drug-likeness (QED) is 0.642. The highest BCUT2D eigenvalue weighted by Crippen LogP contribution is 2.31. The molecule has 0 aliphatic rings. The molecule has 2 aromatic rings. The van der Waals surface area contributed by atoms with E-state index in [0.29, 0.717) is 11.6 Å². The van der Waals surface area contributed by atoms with Crippen LogP contribution in [0.1, 0.15) is 5.56 Å². The predicted molar refractivity (Wildman–Crippen MR) is 85.6 cm³/mol. The van der Waals surface area contributed by atoms with Crippen LogP contribution in [-0.2, 0) is 6.54 Å². The summed E-state index contributed by atoms with van der Waals surface area (Å²) in [6.07, 6.45) is 0. The summed E-state index contributed by atoms with van der Waals surface area (Å²) < 4.78 is 1.86. The second kappa shape index (κ2) is 6.29. The first-order valence-corrected chi connectivity index (χ1v) is 7.54. The lowest BCUT2D eigenvalue weighted by molar-refractivity contribution is 1.13. The van der Waals surface area contributed by atoms with Gasteiger partial charge in [-0.3, -0.25) is 0 Å². The fourth-order valence-corrected chi connectivity index (χ4v) is 2.90. The molecule has 0 saturated heterocycles. The van der Waals surface area contributed by atoms with Crippen molar-refractivity contribution in [2.24, 2.45) is 0 Å². The molecule has 5 heteroatoms. The SMILES string of the molecule is Clc1ccc(CNc2cccc(Cl)c2Br)c(Br)c1. The maximum absolute atomic E-state index is 6.03. The van der Waals surface area contributed by atoms with Crippen LogP contribution in [0.2, 0.25) is 10.0 Å². The van der Waals surface area contributed by atoms with E-state index in [9.17, 15) is 0 Å². The summed E-state index contributed by atoms with van der Waals surface area (Å²) in [4.78, 5) is 0. The van der Waals surface area contributed by atoms with E-state index in [1.54, 1.807) is 0 Å². The van der Waals surface area contributed by atoms with Crippen molar-refractivity contribution in [2.45, 2.75) is 6.54 Å². The summed E-state index contributed by atoms with van der Waals surface area (Å²) in [5.74, 6) is 0. The van der Waals surface area contributed by atoms with Gasteiger partial charge in [0.25, 0.3) is 0 Å². The van der Waals surface area contributed by atoms with Crippen LogP contribution in [0.3, 0.4) is 0 Å². The Hall–Kier alpha value is -0.220. The van der Waals surface area contributed by atoms with Crippen molar-refractivity contribution < 1.29 is 0 Å². The third-order valence-electron chi connectivity index (χ3n) is 2.44. The molecule has 0 spiro atoms.